The van der Waals surface area contributed by atoms with Crippen molar-refractivity contribution < 1.29 is 9.13 Å². The standard InChI is InChI=1S/C11H10FNO/c1-14-11-3-2-7(5-10(11)12)9-4-8(9)6-13/h2-3,5,8-9H,4H2,1H3. The SMILES string of the molecule is COc1ccc(C2CC2C#N)cc1F. The van der Waals surface area contributed by atoms with E-state index in [1.807, 2.05) is 6.07 Å². The van der Waals surface area contributed by atoms with Crippen LogP contribution in [0.25, 0.3) is 0 Å². The highest BCUT2D eigenvalue weighted by Crippen LogP contribution is 2.47. The van der Waals surface area contributed by atoms with Crippen LogP contribution in [0.5, 0.6) is 5.75 Å². The van der Waals surface area contributed by atoms with Crippen LogP contribution in [0.1, 0.15) is 17.9 Å². The van der Waals surface area contributed by atoms with E-state index in [2.05, 4.69) is 6.07 Å². The molecule has 0 bridgehead atoms. The predicted octanol–water partition coefficient (Wildman–Crippen LogP) is 2.46. The van der Waals surface area contributed by atoms with Crippen LogP contribution in [0.4, 0.5) is 4.39 Å². The smallest absolute Gasteiger partial charge is 0.165 e. The Kier molecular flexibility index (Phi) is 2.12. The zero-order valence-corrected chi connectivity index (χ0v) is 7.83. The third-order valence-electron chi connectivity index (χ3n) is 2.56. The van der Waals surface area contributed by atoms with Gasteiger partial charge in [0.2, 0.25) is 0 Å². The molecule has 0 radical (unpaired) electrons. The number of methoxy groups -OCH3 is 1. The Morgan fingerprint density at radius 2 is 2.36 bits per heavy atom. The fraction of sp³-hybridized carbons (Fsp3) is 0.364. The summed E-state index contributed by atoms with van der Waals surface area (Å²) in [7, 11) is 1.44. The van der Waals surface area contributed by atoms with Gasteiger partial charge in [-0.3, -0.25) is 0 Å². The van der Waals surface area contributed by atoms with Crippen molar-refractivity contribution in [3.63, 3.8) is 0 Å². The lowest BCUT2D eigenvalue weighted by molar-refractivity contribution is 0.386. The van der Waals surface area contributed by atoms with Crippen LogP contribution in [-0.2, 0) is 0 Å². The molecule has 1 aromatic carbocycles. The average molecular weight is 191 g/mol. The minimum atomic E-state index is -0.353. The number of nitrogens with zero attached hydrogens (tertiary/aromatic N) is 1. The summed E-state index contributed by atoms with van der Waals surface area (Å²) in [6.45, 7) is 0. The molecule has 72 valence electrons. The van der Waals surface area contributed by atoms with Gasteiger partial charge in [0.1, 0.15) is 0 Å². The van der Waals surface area contributed by atoms with E-state index in [9.17, 15) is 4.39 Å². The van der Waals surface area contributed by atoms with Gasteiger partial charge in [0.25, 0.3) is 0 Å². The van der Waals surface area contributed by atoms with E-state index in [0.29, 0.717) is 0 Å². The minimum Gasteiger partial charge on any atom is -0.494 e. The van der Waals surface area contributed by atoms with Crippen molar-refractivity contribution in [2.45, 2.75) is 12.3 Å². The fourth-order valence-corrected chi connectivity index (χ4v) is 1.62. The van der Waals surface area contributed by atoms with Crippen molar-refractivity contribution in [1.82, 2.24) is 0 Å². The number of nitriles is 1. The summed E-state index contributed by atoms with van der Waals surface area (Å²) < 4.78 is 18.1. The van der Waals surface area contributed by atoms with Gasteiger partial charge >= 0.3 is 0 Å². The highest BCUT2D eigenvalue weighted by Gasteiger charge is 2.38. The first-order valence-electron chi connectivity index (χ1n) is 4.49. The summed E-state index contributed by atoms with van der Waals surface area (Å²) in [4.78, 5) is 0. The molecule has 3 heteroatoms. The van der Waals surface area contributed by atoms with E-state index < -0.39 is 0 Å². The number of hydrogen-bond donors (Lipinski definition) is 0. The maximum absolute atomic E-state index is 13.3. The molecular formula is C11H10FNO. The Bertz CT molecular complexity index is 397. The highest BCUT2D eigenvalue weighted by molar-refractivity contribution is 5.35. The molecule has 0 aromatic heterocycles. The third-order valence-corrected chi connectivity index (χ3v) is 2.56. The van der Waals surface area contributed by atoms with Crippen molar-refractivity contribution in [2.24, 2.45) is 5.92 Å². The lowest BCUT2D eigenvalue weighted by Crippen LogP contribution is -1.90. The molecule has 0 N–H and O–H groups in total. The maximum atomic E-state index is 13.3. The number of hydrogen-bond acceptors (Lipinski definition) is 2. The van der Waals surface area contributed by atoms with Crippen LogP contribution in [0.15, 0.2) is 18.2 Å². The molecule has 1 saturated carbocycles. The zero-order valence-electron chi connectivity index (χ0n) is 7.83. The summed E-state index contributed by atoms with van der Waals surface area (Å²) in [6.07, 6.45) is 0.849. The normalized spacial score (nSPS) is 24.1. The molecule has 0 saturated heterocycles. The van der Waals surface area contributed by atoms with E-state index in [0.717, 1.165) is 12.0 Å². The van der Waals surface area contributed by atoms with E-state index in [4.69, 9.17) is 10.00 Å². The number of rotatable bonds is 2. The van der Waals surface area contributed by atoms with Crippen molar-refractivity contribution in [3.05, 3.63) is 29.6 Å². The van der Waals surface area contributed by atoms with Crippen LogP contribution in [0, 0.1) is 23.1 Å². The molecule has 0 spiro atoms. The van der Waals surface area contributed by atoms with Crippen LogP contribution >= 0.6 is 0 Å². The minimum absolute atomic E-state index is 0.0720. The van der Waals surface area contributed by atoms with Gasteiger partial charge in [0.05, 0.1) is 19.1 Å². The molecule has 0 heterocycles. The van der Waals surface area contributed by atoms with Gasteiger partial charge in [-0.1, -0.05) is 6.07 Å². The molecule has 1 fully saturated rings. The van der Waals surface area contributed by atoms with Gasteiger partial charge in [-0.05, 0) is 24.1 Å². The second-order valence-corrected chi connectivity index (χ2v) is 3.47. The van der Waals surface area contributed by atoms with Gasteiger partial charge in [0.15, 0.2) is 11.6 Å². The molecule has 2 nitrogen and oxygen atoms in total. The van der Waals surface area contributed by atoms with Crippen molar-refractivity contribution >= 4 is 0 Å². The van der Waals surface area contributed by atoms with Crippen molar-refractivity contribution in [1.29, 1.82) is 5.26 Å². The van der Waals surface area contributed by atoms with Gasteiger partial charge in [0, 0.05) is 5.92 Å². The van der Waals surface area contributed by atoms with Gasteiger partial charge in [-0.15, -0.1) is 0 Å². The molecule has 0 amide bonds. The fourth-order valence-electron chi connectivity index (χ4n) is 1.62. The quantitative estimate of drug-likeness (QED) is 0.719. The molecule has 1 aliphatic rings. The molecule has 1 aromatic rings. The van der Waals surface area contributed by atoms with E-state index >= 15 is 0 Å². The van der Waals surface area contributed by atoms with Crippen molar-refractivity contribution in [2.75, 3.05) is 7.11 Å². The first-order valence-corrected chi connectivity index (χ1v) is 4.49. The predicted molar refractivity (Wildman–Crippen MR) is 49.4 cm³/mol. The van der Waals surface area contributed by atoms with Gasteiger partial charge in [-0.2, -0.15) is 5.26 Å². The van der Waals surface area contributed by atoms with Gasteiger partial charge in [-0.25, -0.2) is 4.39 Å². The number of benzene rings is 1. The van der Waals surface area contributed by atoms with Crippen LogP contribution in [-0.4, -0.2) is 7.11 Å². The van der Waals surface area contributed by atoms with E-state index in [1.54, 1.807) is 6.07 Å². The van der Waals surface area contributed by atoms with Gasteiger partial charge < -0.3 is 4.74 Å². The Balaban J connectivity index is 2.22. The lowest BCUT2D eigenvalue weighted by Gasteiger charge is -2.03. The molecule has 14 heavy (non-hydrogen) atoms. The van der Waals surface area contributed by atoms with Crippen molar-refractivity contribution in [3.8, 4) is 11.8 Å². The van der Waals surface area contributed by atoms with Crippen LogP contribution in [0.2, 0.25) is 0 Å². The van der Waals surface area contributed by atoms with Crippen LogP contribution in [0.3, 0.4) is 0 Å². The molecule has 2 atom stereocenters. The first-order chi connectivity index (χ1) is 6.76. The second-order valence-electron chi connectivity index (χ2n) is 3.47. The average Bonchev–Trinajstić information content (AvgIpc) is 2.96. The Morgan fingerprint density at radius 1 is 1.57 bits per heavy atom. The van der Waals surface area contributed by atoms with Crippen LogP contribution < -0.4 is 4.74 Å². The topological polar surface area (TPSA) is 33.0 Å². The second kappa shape index (κ2) is 3.30. The summed E-state index contributed by atoms with van der Waals surface area (Å²) in [5, 5.41) is 8.64. The number of halogens is 1. The Labute approximate surface area is 81.9 Å². The molecule has 1 aliphatic carbocycles. The largest absolute Gasteiger partial charge is 0.494 e. The monoisotopic (exact) mass is 191 g/mol. The first kappa shape index (κ1) is 9.01. The highest BCUT2D eigenvalue weighted by atomic mass is 19.1. The third kappa shape index (κ3) is 1.44. The maximum Gasteiger partial charge on any atom is 0.165 e. The molecule has 2 rings (SSSR count). The summed E-state index contributed by atoms with van der Waals surface area (Å²) in [6, 6.07) is 7.07. The van der Waals surface area contributed by atoms with E-state index in [1.165, 1.54) is 13.2 Å². The summed E-state index contributed by atoms with van der Waals surface area (Å²) in [5.74, 6) is 0.194. The molecular weight excluding hydrogens is 181 g/mol. The lowest BCUT2D eigenvalue weighted by atomic mass is 10.1. The molecule has 0 aliphatic heterocycles. The number of ether oxygens (including phenoxy) is 1. The Morgan fingerprint density at radius 3 is 2.86 bits per heavy atom. The van der Waals surface area contributed by atoms with E-state index in [-0.39, 0.29) is 23.4 Å². The Hall–Kier alpha value is -1.56. The zero-order chi connectivity index (χ0) is 10.1. The molecule has 2 unspecified atom stereocenters. The summed E-state index contributed by atoms with van der Waals surface area (Å²) >= 11 is 0. The summed E-state index contributed by atoms with van der Waals surface area (Å²) in [5.41, 5.74) is 0.898.